The second-order valence-corrected chi connectivity index (χ2v) is 15.3. The van der Waals surface area contributed by atoms with Crippen molar-refractivity contribution in [1.82, 2.24) is 19.9 Å². The zero-order valence-electron chi connectivity index (χ0n) is 21.4. The van der Waals surface area contributed by atoms with E-state index in [4.69, 9.17) is 9.47 Å². The van der Waals surface area contributed by atoms with Crippen LogP contribution in [0.5, 0.6) is 0 Å². The van der Waals surface area contributed by atoms with Crippen molar-refractivity contribution in [2.24, 2.45) is 0 Å². The predicted octanol–water partition coefficient (Wildman–Crippen LogP) is 4.80. The largest absolute Gasteiger partial charge is 0.461 e. The smallest absolute Gasteiger partial charge is 0.361 e. The number of nitrogens with zero attached hydrogens (tertiary/aromatic N) is 4. The fraction of sp³-hybridized carbons (Fsp3) is 0.385. The molecular weight excluding hydrogens is 460 g/mol. The summed E-state index contributed by atoms with van der Waals surface area (Å²) in [7, 11) is 2.26. The van der Waals surface area contributed by atoms with Crippen LogP contribution in [0.1, 0.15) is 27.8 Å². The lowest BCUT2D eigenvalue weighted by molar-refractivity contribution is 0.0507. The second-order valence-electron chi connectivity index (χ2n) is 9.70. The van der Waals surface area contributed by atoms with Gasteiger partial charge in [0.15, 0.2) is 12.4 Å². The quantitative estimate of drug-likeness (QED) is 0.229. The highest BCUT2D eigenvalue weighted by Gasteiger charge is 2.22. The first-order valence-electron chi connectivity index (χ1n) is 11.7. The van der Waals surface area contributed by atoms with Crippen LogP contribution < -0.4 is 0 Å². The fourth-order valence-electron chi connectivity index (χ4n) is 3.37. The molecule has 0 aliphatic heterocycles. The van der Waals surface area contributed by atoms with Crippen LogP contribution >= 0.6 is 0 Å². The molecular formula is C26H34N4O4Si. The van der Waals surface area contributed by atoms with Crippen LogP contribution in [0.15, 0.2) is 48.5 Å². The highest BCUT2D eigenvalue weighted by molar-refractivity contribution is 6.76. The molecule has 0 N–H and O–H groups in total. The average molecular weight is 495 g/mol. The molecule has 0 fully saturated rings. The van der Waals surface area contributed by atoms with E-state index in [1.807, 2.05) is 42.5 Å². The van der Waals surface area contributed by atoms with Gasteiger partial charge in [0.1, 0.15) is 5.69 Å². The summed E-state index contributed by atoms with van der Waals surface area (Å²) >= 11 is 0. The lowest BCUT2D eigenvalue weighted by Crippen LogP contribution is -2.22. The molecule has 1 heterocycles. The predicted molar refractivity (Wildman–Crippen MR) is 139 cm³/mol. The molecule has 1 amide bonds. The van der Waals surface area contributed by atoms with Crippen LogP contribution in [-0.2, 0) is 16.2 Å². The summed E-state index contributed by atoms with van der Waals surface area (Å²) in [5.74, 6) is -0.568. The van der Waals surface area contributed by atoms with Crippen molar-refractivity contribution in [3.05, 3.63) is 59.8 Å². The third-order valence-electron chi connectivity index (χ3n) is 5.33. The van der Waals surface area contributed by atoms with Gasteiger partial charge < -0.3 is 14.4 Å². The fourth-order valence-corrected chi connectivity index (χ4v) is 4.13. The molecule has 0 saturated carbocycles. The molecule has 8 nitrogen and oxygen atoms in total. The van der Waals surface area contributed by atoms with E-state index in [1.165, 1.54) is 4.80 Å². The second kappa shape index (κ2) is 11.4. The maximum absolute atomic E-state index is 12.5. The number of hydrogen-bond acceptors (Lipinski definition) is 6. The Kier molecular flexibility index (Phi) is 8.58. The summed E-state index contributed by atoms with van der Waals surface area (Å²) in [6, 6.07) is 16.2. The summed E-state index contributed by atoms with van der Waals surface area (Å²) in [6.07, 6.45) is 0. The van der Waals surface area contributed by atoms with E-state index < -0.39 is 14.0 Å². The van der Waals surface area contributed by atoms with E-state index in [1.54, 1.807) is 32.0 Å². The van der Waals surface area contributed by atoms with E-state index >= 15 is 0 Å². The van der Waals surface area contributed by atoms with Gasteiger partial charge in [-0.2, -0.15) is 9.90 Å². The average Bonchev–Trinajstić information content (AvgIpc) is 3.25. The number of ether oxygens (including phenoxy) is 2. The Morgan fingerprint density at radius 2 is 1.66 bits per heavy atom. The van der Waals surface area contributed by atoms with Gasteiger partial charge in [-0.3, -0.25) is 4.79 Å². The Labute approximate surface area is 207 Å². The molecule has 0 atom stereocenters. The van der Waals surface area contributed by atoms with Crippen molar-refractivity contribution in [3.63, 3.8) is 0 Å². The molecule has 1 aromatic heterocycles. The summed E-state index contributed by atoms with van der Waals surface area (Å²) < 4.78 is 10.9. The van der Waals surface area contributed by atoms with Crippen molar-refractivity contribution in [1.29, 1.82) is 0 Å². The van der Waals surface area contributed by atoms with Gasteiger partial charge in [0.25, 0.3) is 5.91 Å². The van der Waals surface area contributed by atoms with Gasteiger partial charge in [-0.05, 0) is 36.2 Å². The lowest BCUT2D eigenvalue weighted by Gasteiger charge is -2.14. The molecule has 3 rings (SSSR count). The Bertz CT molecular complexity index is 1170. The van der Waals surface area contributed by atoms with E-state index in [2.05, 4.69) is 29.8 Å². The van der Waals surface area contributed by atoms with Gasteiger partial charge in [-0.25, -0.2) is 4.79 Å². The SMILES string of the molecule is CCOC(=O)c1nn(COCC[Si](C)(C)C)nc1-c1ccc(-c2cccc(C(=O)N(C)C)c2)cc1. The van der Waals surface area contributed by atoms with Crippen molar-refractivity contribution in [2.75, 3.05) is 27.3 Å². The Balaban J connectivity index is 1.84. The van der Waals surface area contributed by atoms with Gasteiger partial charge in [0, 0.05) is 39.9 Å². The van der Waals surface area contributed by atoms with Gasteiger partial charge in [-0.1, -0.05) is 56.0 Å². The minimum atomic E-state index is -1.20. The molecule has 0 bridgehead atoms. The van der Waals surface area contributed by atoms with Crippen LogP contribution in [-0.4, -0.2) is 67.2 Å². The number of carbonyl (C=O) groups is 2. The number of hydrogen-bond donors (Lipinski definition) is 0. The highest BCUT2D eigenvalue weighted by atomic mass is 28.3. The summed E-state index contributed by atoms with van der Waals surface area (Å²) in [5, 5.41) is 8.86. The van der Waals surface area contributed by atoms with Crippen molar-refractivity contribution in [3.8, 4) is 22.4 Å². The highest BCUT2D eigenvalue weighted by Crippen LogP contribution is 2.27. The molecule has 0 saturated heterocycles. The molecule has 35 heavy (non-hydrogen) atoms. The van der Waals surface area contributed by atoms with Gasteiger partial charge in [0.05, 0.1) is 6.61 Å². The van der Waals surface area contributed by atoms with Crippen LogP contribution in [0.25, 0.3) is 22.4 Å². The number of amides is 1. The Hall–Kier alpha value is -3.30. The molecule has 0 unspecified atom stereocenters. The van der Waals surface area contributed by atoms with Gasteiger partial charge in [-0.15, -0.1) is 5.10 Å². The van der Waals surface area contributed by atoms with E-state index in [-0.39, 0.29) is 24.9 Å². The van der Waals surface area contributed by atoms with Gasteiger partial charge >= 0.3 is 5.97 Å². The molecule has 0 aliphatic rings. The van der Waals surface area contributed by atoms with E-state index in [9.17, 15) is 9.59 Å². The van der Waals surface area contributed by atoms with E-state index in [0.717, 1.165) is 22.7 Å². The molecule has 0 aliphatic carbocycles. The standard InChI is InChI=1S/C26H34N4O4Si/c1-7-34-26(32)24-23(27-30(28-24)18-33-15-16-35(4,5)6)20-13-11-19(12-14-20)21-9-8-10-22(17-21)25(31)29(2)3/h8-14,17H,7,15-16,18H2,1-6H3. The minimum Gasteiger partial charge on any atom is -0.461 e. The molecule has 0 radical (unpaired) electrons. The van der Waals surface area contributed by atoms with Gasteiger partial charge in [0.2, 0.25) is 0 Å². The first-order chi connectivity index (χ1) is 16.6. The Morgan fingerprint density at radius 3 is 2.29 bits per heavy atom. The third-order valence-corrected chi connectivity index (χ3v) is 7.04. The zero-order chi connectivity index (χ0) is 25.6. The lowest BCUT2D eigenvalue weighted by atomic mass is 10.00. The monoisotopic (exact) mass is 494 g/mol. The van der Waals surface area contributed by atoms with Crippen molar-refractivity contribution in [2.45, 2.75) is 39.3 Å². The zero-order valence-corrected chi connectivity index (χ0v) is 22.4. The Morgan fingerprint density at radius 1 is 0.971 bits per heavy atom. The third kappa shape index (κ3) is 7.09. The topological polar surface area (TPSA) is 86.5 Å². The van der Waals surface area contributed by atoms with Crippen LogP contribution in [0, 0.1) is 0 Å². The van der Waals surface area contributed by atoms with Crippen molar-refractivity contribution < 1.29 is 19.1 Å². The number of carbonyl (C=O) groups excluding carboxylic acids is 2. The summed E-state index contributed by atoms with van der Waals surface area (Å²) in [4.78, 5) is 27.8. The maximum Gasteiger partial charge on any atom is 0.361 e. The first kappa shape index (κ1) is 26.3. The number of benzene rings is 2. The van der Waals surface area contributed by atoms with Crippen molar-refractivity contribution >= 4 is 20.0 Å². The number of esters is 1. The number of aromatic nitrogens is 3. The van der Waals surface area contributed by atoms with Crippen LogP contribution in [0.2, 0.25) is 25.7 Å². The molecule has 9 heteroatoms. The maximum atomic E-state index is 12.5. The normalized spacial score (nSPS) is 11.4. The summed E-state index contributed by atoms with van der Waals surface area (Å²) in [5.41, 5.74) is 3.84. The number of rotatable bonds is 10. The van der Waals surface area contributed by atoms with Crippen LogP contribution in [0.3, 0.4) is 0 Å². The minimum absolute atomic E-state index is 0.0498. The summed E-state index contributed by atoms with van der Waals surface area (Å²) in [6.45, 7) is 9.68. The van der Waals surface area contributed by atoms with E-state index in [0.29, 0.717) is 17.9 Å². The van der Waals surface area contributed by atoms with Crippen LogP contribution in [0.4, 0.5) is 0 Å². The first-order valence-corrected chi connectivity index (χ1v) is 15.4. The molecule has 3 aromatic rings. The molecule has 186 valence electrons. The molecule has 2 aromatic carbocycles. The molecule has 0 spiro atoms.